The molecule has 5 heteroatoms. The predicted molar refractivity (Wildman–Crippen MR) is 82.4 cm³/mol. The van der Waals surface area contributed by atoms with Gasteiger partial charge in [-0.3, -0.25) is 9.69 Å². The number of hydrogen-bond donors (Lipinski definition) is 1. The second-order valence-corrected chi connectivity index (χ2v) is 5.46. The fourth-order valence-electron chi connectivity index (χ4n) is 2.55. The molecule has 0 saturated heterocycles. The van der Waals surface area contributed by atoms with Crippen LogP contribution in [0.15, 0.2) is 48.5 Å². The molecule has 1 aliphatic rings. The molecule has 21 heavy (non-hydrogen) atoms. The van der Waals surface area contributed by atoms with Gasteiger partial charge in [0.2, 0.25) is 0 Å². The third kappa shape index (κ3) is 2.25. The summed E-state index contributed by atoms with van der Waals surface area (Å²) in [6.07, 6.45) is 0. The minimum absolute atomic E-state index is 0.154. The van der Waals surface area contributed by atoms with Crippen molar-refractivity contribution in [2.75, 3.05) is 16.1 Å². The number of amides is 1. The van der Waals surface area contributed by atoms with Crippen molar-refractivity contribution < 1.29 is 9.18 Å². The standard InChI is InChI=1S/C16H14ClFN2O/c1-16(10-17)19-14-5-3-2-4-13(14)15(21)20(16)12-8-6-11(18)7-9-12/h2-9,19H,10H2,1H3/t16-/m0/s1. The Kier molecular flexibility index (Phi) is 3.33. The third-order valence-corrected chi connectivity index (χ3v) is 4.12. The van der Waals surface area contributed by atoms with Gasteiger partial charge >= 0.3 is 0 Å². The number of halogens is 2. The topological polar surface area (TPSA) is 32.3 Å². The van der Waals surface area contributed by atoms with E-state index in [1.54, 1.807) is 23.1 Å². The first kappa shape index (κ1) is 13.9. The number of alkyl halides is 1. The molecule has 1 aliphatic heterocycles. The van der Waals surface area contributed by atoms with E-state index in [0.717, 1.165) is 5.69 Å². The molecule has 0 spiro atoms. The normalized spacial score (nSPS) is 20.9. The largest absolute Gasteiger partial charge is 0.361 e. The van der Waals surface area contributed by atoms with E-state index in [1.807, 2.05) is 25.1 Å². The van der Waals surface area contributed by atoms with Crippen LogP contribution in [-0.2, 0) is 0 Å². The molecule has 1 atom stereocenters. The summed E-state index contributed by atoms with van der Waals surface area (Å²) < 4.78 is 13.1. The van der Waals surface area contributed by atoms with Gasteiger partial charge in [-0.15, -0.1) is 11.6 Å². The molecule has 2 aromatic rings. The molecular weight excluding hydrogens is 291 g/mol. The highest BCUT2D eigenvalue weighted by atomic mass is 35.5. The lowest BCUT2D eigenvalue weighted by atomic mass is 10.0. The summed E-state index contributed by atoms with van der Waals surface area (Å²) >= 11 is 6.10. The Hall–Kier alpha value is -2.07. The second kappa shape index (κ2) is 5.04. The summed E-state index contributed by atoms with van der Waals surface area (Å²) in [5, 5.41) is 3.30. The molecule has 3 rings (SSSR count). The van der Waals surface area contributed by atoms with Crippen LogP contribution in [0.4, 0.5) is 15.8 Å². The maximum atomic E-state index is 13.1. The molecule has 2 aromatic carbocycles. The quantitative estimate of drug-likeness (QED) is 0.855. The van der Waals surface area contributed by atoms with Crippen molar-refractivity contribution in [3.05, 3.63) is 59.9 Å². The molecule has 0 fully saturated rings. The summed E-state index contributed by atoms with van der Waals surface area (Å²) in [6.45, 7) is 1.84. The predicted octanol–water partition coefficient (Wildman–Crippen LogP) is 3.85. The van der Waals surface area contributed by atoms with E-state index < -0.39 is 5.66 Å². The Balaban J connectivity index is 2.13. The number of nitrogens with one attached hydrogen (secondary N) is 1. The van der Waals surface area contributed by atoms with E-state index in [2.05, 4.69) is 5.32 Å². The Morgan fingerprint density at radius 3 is 2.52 bits per heavy atom. The molecule has 1 heterocycles. The highest BCUT2D eigenvalue weighted by Crippen LogP contribution is 2.35. The lowest BCUT2D eigenvalue weighted by molar-refractivity contribution is 0.0962. The van der Waals surface area contributed by atoms with Gasteiger partial charge < -0.3 is 5.32 Å². The zero-order valence-corrected chi connectivity index (χ0v) is 12.2. The van der Waals surface area contributed by atoms with Crippen LogP contribution in [0.1, 0.15) is 17.3 Å². The smallest absolute Gasteiger partial charge is 0.262 e. The maximum Gasteiger partial charge on any atom is 0.262 e. The van der Waals surface area contributed by atoms with Gasteiger partial charge in [0.25, 0.3) is 5.91 Å². The molecule has 3 nitrogen and oxygen atoms in total. The van der Waals surface area contributed by atoms with E-state index in [9.17, 15) is 9.18 Å². The number of benzene rings is 2. The average molecular weight is 305 g/mol. The Morgan fingerprint density at radius 2 is 1.86 bits per heavy atom. The van der Waals surface area contributed by atoms with E-state index >= 15 is 0 Å². The van der Waals surface area contributed by atoms with Gasteiger partial charge in [0.15, 0.2) is 0 Å². The van der Waals surface area contributed by atoms with Crippen LogP contribution in [0.3, 0.4) is 0 Å². The van der Waals surface area contributed by atoms with Gasteiger partial charge in [-0.25, -0.2) is 4.39 Å². The van der Waals surface area contributed by atoms with Crippen LogP contribution in [0.2, 0.25) is 0 Å². The Bertz CT molecular complexity index is 689. The zero-order valence-electron chi connectivity index (χ0n) is 11.4. The lowest BCUT2D eigenvalue weighted by Gasteiger charge is -2.45. The summed E-state index contributed by atoms with van der Waals surface area (Å²) in [6, 6.07) is 13.1. The second-order valence-electron chi connectivity index (χ2n) is 5.20. The molecule has 1 amide bonds. The fraction of sp³-hybridized carbons (Fsp3) is 0.188. The number of rotatable bonds is 2. The summed E-state index contributed by atoms with van der Waals surface area (Å²) in [5.74, 6) is -0.298. The number of carbonyl (C=O) groups is 1. The highest BCUT2D eigenvalue weighted by Gasteiger charge is 2.41. The van der Waals surface area contributed by atoms with Gasteiger partial charge in [0.05, 0.1) is 11.4 Å². The number of carbonyl (C=O) groups excluding carboxylic acids is 1. The van der Waals surface area contributed by atoms with E-state index in [-0.39, 0.29) is 17.6 Å². The first-order valence-corrected chi connectivity index (χ1v) is 7.12. The minimum Gasteiger partial charge on any atom is -0.361 e. The van der Waals surface area contributed by atoms with Crippen molar-refractivity contribution in [1.82, 2.24) is 0 Å². The average Bonchev–Trinajstić information content (AvgIpc) is 2.49. The van der Waals surface area contributed by atoms with Gasteiger partial charge in [-0.05, 0) is 43.3 Å². The first-order chi connectivity index (χ1) is 10.0. The molecule has 0 aliphatic carbocycles. The number of anilines is 2. The van der Waals surface area contributed by atoms with E-state index in [0.29, 0.717) is 11.3 Å². The maximum absolute atomic E-state index is 13.1. The first-order valence-electron chi connectivity index (χ1n) is 6.58. The number of nitrogens with zero attached hydrogens (tertiary/aromatic N) is 1. The van der Waals surface area contributed by atoms with Gasteiger partial charge in [0, 0.05) is 11.4 Å². The van der Waals surface area contributed by atoms with Gasteiger partial charge in [0.1, 0.15) is 11.5 Å². The van der Waals surface area contributed by atoms with Crippen molar-refractivity contribution in [3.63, 3.8) is 0 Å². The third-order valence-electron chi connectivity index (χ3n) is 3.60. The lowest BCUT2D eigenvalue weighted by Crippen LogP contribution is -2.60. The number of fused-ring (bicyclic) bond motifs is 1. The van der Waals surface area contributed by atoms with Crippen LogP contribution in [0, 0.1) is 5.82 Å². The number of para-hydroxylation sites is 1. The van der Waals surface area contributed by atoms with Crippen molar-refractivity contribution in [3.8, 4) is 0 Å². The van der Waals surface area contributed by atoms with Crippen molar-refractivity contribution in [2.24, 2.45) is 0 Å². The van der Waals surface area contributed by atoms with Crippen molar-refractivity contribution in [2.45, 2.75) is 12.6 Å². The van der Waals surface area contributed by atoms with Crippen LogP contribution < -0.4 is 10.2 Å². The van der Waals surface area contributed by atoms with Gasteiger partial charge in [-0.1, -0.05) is 12.1 Å². The molecule has 0 aromatic heterocycles. The molecule has 0 radical (unpaired) electrons. The minimum atomic E-state index is -0.773. The monoisotopic (exact) mass is 304 g/mol. The summed E-state index contributed by atoms with van der Waals surface area (Å²) in [7, 11) is 0. The Labute approximate surface area is 127 Å². The molecule has 108 valence electrons. The molecule has 0 bridgehead atoms. The molecule has 0 saturated carbocycles. The highest BCUT2D eigenvalue weighted by molar-refractivity contribution is 6.21. The van der Waals surface area contributed by atoms with E-state index in [4.69, 9.17) is 11.6 Å². The molecular formula is C16H14ClFN2O. The number of hydrogen-bond acceptors (Lipinski definition) is 2. The SMILES string of the molecule is C[C@]1(CCl)Nc2ccccc2C(=O)N1c1ccc(F)cc1. The molecule has 0 unspecified atom stereocenters. The van der Waals surface area contributed by atoms with Crippen LogP contribution in [0.5, 0.6) is 0 Å². The van der Waals surface area contributed by atoms with Crippen LogP contribution in [0.25, 0.3) is 0 Å². The van der Waals surface area contributed by atoms with Crippen molar-refractivity contribution in [1.29, 1.82) is 0 Å². The Morgan fingerprint density at radius 1 is 1.19 bits per heavy atom. The van der Waals surface area contributed by atoms with Gasteiger partial charge in [-0.2, -0.15) is 0 Å². The van der Waals surface area contributed by atoms with Crippen molar-refractivity contribution >= 4 is 28.9 Å². The molecule has 1 N–H and O–H groups in total. The fourth-order valence-corrected chi connectivity index (χ4v) is 2.74. The van der Waals surface area contributed by atoms with Crippen LogP contribution >= 0.6 is 11.6 Å². The van der Waals surface area contributed by atoms with Crippen LogP contribution in [-0.4, -0.2) is 17.5 Å². The summed E-state index contributed by atoms with van der Waals surface area (Å²) in [5.41, 5.74) is 1.16. The zero-order chi connectivity index (χ0) is 15.0. The van der Waals surface area contributed by atoms with E-state index in [1.165, 1.54) is 12.1 Å². The summed E-state index contributed by atoms with van der Waals surface area (Å²) in [4.78, 5) is 14.4.